The summed E-state index contributed by atoms with van der Waals surface area (Å²) in [5, 5.41) is 0. The second-order valence-corrected chi connectivity index (χ2v) is 14.0. The summed E-state index contributed by atoms with van der Waals surface area (Å²) in [5.41, 5.74) is 0. The van der Waals surface area contributed by atoms with E-state index in [4.69, 9.17) is 12.8 Å². The van der Waals surface area contributed by atoms with Crippen molar-refractivity contribution < 1.29 is 0 Å². The molecule has 0 aliphatic heterocycles. The highest BCUT2D eigenvalue weighted by atomic mass is 13.7. The van der Waals surface area contributed by atoms with E-state index in [2.05, 4.69) is 651 Å². The maximum atomic E-state index is 6.59. The molecule has 0 rings (SSSR count). The van der Waals surface area contributed by atoms with E-state index in [1.807, 2.05) is 11.8 Å². The standard InChI is InChI=1S/C114/c1-3-5-7-9-11-13-15-17-19-21-23-25-27-29-31-33-35-37-39-41-43-45-47-49-51-53-55-57-59-61-63-65-67-69-71-73-75-77-79-81-83-85-87-89-91-93-95-97-99-101-103-105-107-109-111-113-114-112-110-108-106-104-102-100-98-96-94-92-90-88-86-84-82-80-78-76-74-72-70-68-66-64-62-60-58-56-54-52-50-48-46-44-42-40-38-36-34-32-30-28-26-24-22-20-18-16-14-12-10-8-6-4-2. The average molecular weight is 1370 g/mol. The van der Waals surface area contributed by atoms with Crippen LogP contribution in [0.3, 0.4) is 0 Å². The van der Waals surface area contributed by atoms with Crippen LogP contribution in [-0.4, -0.2) is 0 Å². The van der Waals surface area contributed by atoms with Crippen molar-refractivity contribution in [3.8, 4) is 663 Å². The zero-order valence-corrected chi connectivity index (χ0v) is 57.0. The third kappa shape index (κ3) is 86.9. The van der Waals surface area contributed by atoms with E-state index in [1.54, 1.807) is 0 Å². The van der Waals surface area contributed by atoms with Gasteiger partial charge in [0.2, 0.25) is 0 Å². The summed E-state index contributed by atoms with van der Waals surface area (Å²) in [6, 6.07) is 0. The lowest BCUT2D eigenvalue weighted by Crippen LogP contribution is -1.57. The Bertz CT molecular complexity index is 7650. The Morgan fingerprint density at radius 3 is 0.0965 bits per heavy atom. The third-order valence-electron chi connectivity index (χ3n) is 6.94. The van der Waals surface area contributed by atoms with Gasteiger partial charge in [0.25, 0.3) is 0 Å². The Labute approximate surface area is 671 Å². The van der Waals surface area contributed by atoms with Crippen molar-refractivity contribution >= 4 is 0 Å². The van der Waals surface area contributed by atoms with Crippen molar-refractivity contribution in [1.82, 2.24) is 0 Å². The van der Waals surface area contributed by atoms with Crippen LogP contribution in [0.4, 0.5) is 0 Å². The van der Waals surface area contributed by atoms with Crippen LogP contribution < -0.4 is 0 Å². The summed E-state index contributed by atoms with van der Waals surface area (Å²) in [4.78, 5) is 0. The van der Waals surface area contributed by atoms with Gasteiger partial charge in [-0.15, -0.1) is 0 Å². The molecule has 0 saturated carbocycles. The van der Waals surface area contributed by atoms with Gasteiger partial charge in [-0.1, -0.05) is 0 Å². The molecule has 0 spiro atoms. The van der Waals surface area contributed by atoms with Crippen LogP contribution in [0.2, 0.25) is 0 Å². The fraction of sp³-hybridized carbons (Fsp3) is 0. The molecule has 0 aromatic carbocycles. The molecule has 0 N–H and O–H groups in total. The zero-order chi connectivity index (χ0) is 81.2. The number of rotatable bonds is 0. The van der Waals surface area contributed by atoms with E-state index in [0.29, 0.717) is 0 Å². The molecule has 0 aromatic heterocycles. The molecule has 0 atom stereocenters. The second kappa shape index (κ2) is 87.9. The van der Waals surface area contributed by atoms with Crippen LogP contribution in [0.1, 0.15) is 0 Å². The fourth-order valence-electron chi connectivity index (χ4n) is 3.44. The maximum absolute atomic E-state index is 6.59. The summed E-state index contributed by atoms with van der Waals surface area (Å²) in [5.74, 6) is 277. The van der Waals surface area contributed by atoms with E-state index < -0.39 is 0 Å². The van der Waals surface area contributed by atoms with Gasteiger partial charge in [0, 0.05) is 676 Å². The Hall–Kier alpha value is -25.1. The smallest absolute Gasteiger partial charge is 0 e. The van der Waals surface area contributed by atoms with Gasteiger partial charge in [-0.25, -0.2) is 0 Å². The van der Waals surface area contributed by atoms with E-state index >= 15 is 0 Å². The first-order chi connectivity index (χ1) is 56.9. The van der Waals surface area contributed by atoms with Gasteiger partial charge in [0.1, 0.15) is 0 Å². The van der Waals surface area contributed by atoms with Crippen molar-refractivity contribution in [2.75, 3.05) is 0 Å². The van der Waals surface area contributed by atoms with E-state index in [-0.39, 0.29) is 0 Å². The van der Waals surface area contributed by atoms with E-state index in [0.717, 1.165) is 0 Å². The van der Waals surface area contributed by atoms with Crippen LogP contribution in [0.5, 0.6) is 0 Å². The zero-order valence-electron chi connectivity index (χ0n) is 57.0. The summed E-state index contributed by atoms with van der Waals surface area (Å²) in [6.07, 6.45) is 13.2. The lowest BCUT2D eigenvalue weighted by Gasteiger charge is -1.58. The first-order valence-electron chi connectivity index (χ1n) is 28.2. The normalized spacial score (nSPS) is 3.95. The van der Waals surface area contributed by atoms with Crippen molar-refractivity contribution in [2.24, 2.45) is 0 Å². The molecule has 0 aromatic rings. The van der Waals surface area contributed by atoms with Gasteiger partial charge in [-0.3, -0.25) is 0 Å². The minimum absolute atomic E-state index is 1.87. The van der Waals surface area contributed by atoms with Crippen LogP contribution in [0.15, 0.2) is 0 Å². The van der Waals surface area contributed by atoms with Gasteiger partial charge >= 0.3 is 0 Å². The molecule has 0 bridgehead atoms. The molecule has 0 aliphatic rings. The molecule has 0 amide bonds. The van der Waals surface area contributed by atoms with Gasteiger partial charge in [0.05, 0.1) is 0 Å². The molecular weight excluding hydrogens is 1370 g/mol. The lowest BCUT2D eigenvalue weighted by atomic mass is 10.4. The van der Waals surface area contributed by atoms with Crippen LogP contribution >= 0.6 is 0 Å². The summed E-state index contributed by atoms with van der Waals surface area (Å²) >= 11 is 0. The van der Waals surface area contributed by atoms with Crippen LogP contribution in [0.25, 0.3) is 0 Å². The molecule has 114 heavy (non-hydrogen) atoms. The molecular formula is C114. The average Bonchev–Trinajstić information content (AvgIpc) is 2.83. The molecule has 0 heteroatoms. The number of hydrogen-bond acceptors (Lipinski definition) is 0. The highest BCUT2D eigenvalue weighted by molar-refractivity contribution is 5.57. The Morgan fingerprint density at radius 1 is 0.0439 bits per heavy atom. The molecule has 2 radical (unpaired) electrons. The Morgan fingerprint density at radius 2 is 0.0702 bits per heavy atom. The molecule has 456 valence electrons. The predicted molar refractivity (Wildman–Crippen MR) is 442 cm³/mol. The van der Waals surface area contributed by atoms with Gasteiger partial charge in [-0.2, -0.15) is 0 Å². The highest BCUT2D eigenvalue weighted by Crippen LogP contribution is 1.69. The van der Waals surface area contributed by atoms with E-state index in [1.165, 1.54) is 0 Å². The summed E-state index contributed by atoms with van der Waals surface area (Å²) < 4.78 is 0. The van der Waals surface area contributed by atoms with Gasteiger partial charge in [0.15, 0.2) is 0 Å². The Balaban J connectivity index is 4.65. The molecule has 0 fully saturated rings. The minimum Gasteiger partial charge on any atom is 0 e. The minimum atomic E-state index is 1.87. The largest absolute Gasteiger partial charge is 0 e. The monoisotopic (exact) mass is 1370 g/mol. The number of hydrogen-bond donors (Lipinski definition) is 0. The van der Waals surface area contributed by atoms with Crippen molar-refractivity contribution in [3.63, 3.8) is 0 Å². The first-order valence-corrected chi connectivity index (χ1v) is 28.2. The van der Waals surface area contributed by atoms with Crippen molar-refractivity contribution in [1.29, 1.82) is 0 Å². The highest BCUT2D eigenvalue weighted by Gasteiger charge is 1.68. The van der Waals surface area contributed by atoms with Crippen molar-refractivity contribution in [2.45, 2.75) is 0 Å². The maximum Gasteiger partial charge on any atom is 0 e. The topological polar surface area (TPSA) is 0 Å². The van der Waals surface area contributed by atoms with E-state index in [9.17, 15) is 0 Å². The molecule has 0 heterocycles. The van der Waals surface area contributed by atoms with Gasteiger partial charge < -0.3 is 0 Å². The SMILES string of the molecule is [C]#CC#CC#CC#CC#CC#CC#CC#CC#CC#CC#CC#CC#CC#CC#CC#CC#CC#CC#CC#CC#CC#CC#CC#CC#CC#CC#CC#CC#CC#CC#CC#CC#CC#CC#CC#CC#CC#CC#CC#CC#CC#CC#CC#CC#CC#CC#CC#CC#CC#CC#CC#CC#CC#CC#CC#CC#[C]. The Kier molecular flexibility index (Phi) is 68.6. The summed E-state index contributed by atoms with van der Waals surface area (Å²) in [7, 11) is 0. The third-order valence-corrected chi connectivity index (χ3v) is 6.94. The van der Waals surface area contributed by atoms with Crippen LogP contribution in [0, 0.1) is 676 Å². The van der Waals surface area contributed by atoms with Gasteiger partial charge in [-0.05, 0) is 0 Å². The second-order valence-electron chi connectivity index (χ2n) is 14.0. The predicted octanol–water partition coefficient (Wildman–Crippen LogP) is 0.353. The lowest BCUT2D eigenvalue weighted by molar-refractivity contribution is 2.31. The molecule has 0 unspecified atom stereocenters. The molecule has 0 nitrogen and oxygen atoms in total. The molecule has 0 saturated heterocycles. The first kappa shape index (κ1) is 88.9. The molecule has 0 aliphatic carbocycles. The fourth-order valence-corrected chi connectivity index (χ4v) is 3.44. The van der Waals surface area contributed by atoms with Crippen molar-refractivity contribution in [3.05, 3.63) is 12.8 Å². The quantitative estimate of drug-likeness (QED) is 0.308. The van der Waals surface area contributed by atoms with Crippen LogP contribution in [-0.2, 0) is 0 Å². The summed E-state index contributed by atoms with van der Waals surface area (Å²) in [6.45, 7) is 0.